The molecule has 0 saturated heterocycles. The third-order valence-electron chi connectivity index (χ3n) is 4.98. The molecule has 2 aliphatic rings. The van der Waals surface area contributed by atoms with Crippen LogP contribution >= 0.6 is 0 Å². The molecule has 1 aromatic carbocycles. The maximum Gasteiger partial charge on any atom is 0.223 e. The second kappa shape index (κ2) is 6.61. The Labute approximate surface area is 126 Å². The predicted octanol–water partition coefficient (Wildman–Crippen LogP) is 3.12. The molecule has 3 heteroatoms. The van der Waals surface area contributed by atoms with Gasteiger partial charge in [0, 0.05) is 12.3 Å². The molecule has 3 nitrogen and oxygen atoms in total. The van der Waals surface area contributed by atoms with Crippen molar-refractivity contribution in [3.05, 3.63) is 35.4 Å². The smallest absolute Gasteiger partial charge is 0.223 e. The van der Waals surface area contributed by atoms with Gasteiger partial charge in [0.05, 0.1) is 12.1 Å². The van der Waals surface area contributed by atoms with Crippen molar-refractivity contribution >= 4 is 5.91 Å². The zero-order valence-corrected chi connectivity index (χ0v) is 12.6. The Morgan fingerprint density at radius 3 is 2.48 bits per heavy atom. The van der Waals surface area contributed by atoms with Gasteiger partial charge in [-0.1, -0.05) is 56.4 Å². The van der Waals surface area contributed by atoms with E-state index in [4.69, 9.17) is 0 Å². The molecule has 114 valence electrons. The monoisotopic (exact) mass is 287 g/mol. The number of aliphatic hydroxyl groups excluding tert-OH is 1. The first-order valence-corrected chi connectivity index (χ1v) is 8.32. The lowest BCUT2D eigenvalue weighted by atomic mass is 9.90. The molecular formula is C18H25NO2. The molecule has 0 unspecified atom stereocenters. The zero-order valence-electron chi connectivity index (χ0n) is 12.6. The summed E-state index contributed by atoms with van der Waals surface area (Å²) in [6.07, 6.45) is 8.27. The number of benzene rings is 1. The van der Waals surface area contributed by atoms with Crippen molar-refractivity contribution in [3.63, 3.8) is 0 Å². The fourth-order valence-electron chi connectivity index (χ4n) is 3.74. The van der Waals surface area contributed by atoms with Crippen LogP contribution in [0, 0.1) is 5.92 Å². The van der Waals surface area contributed by atoms with E-state index in [-0.39, 0.29) is 17.9 Å². The average molecular weight is 287 g/mol. The third kappa shape index (κ3) is 3.29. The molecule has 0 aromatic heterocycles. The second-order valence-electron chi connectivity index (χ2n) is 6.50. The lowest BCUT2D eigenvalue weighted by molar-refractivity contribution is -0.127. The number of rotatable bonds is 2. The zero-order chi connectivity index (χ0) is 14.7. The first-order valence-electron chi connectivity index (χ1n) is 8.32. The predicted molar refractivity (Wildman–Crippen MR) is 82.8 cm³/mol. The highest BCUT2D eigenvalue weighted by molar-refractivity contribution is 5.79. The summed E-state index contributed by atoms with van der Waals surface area (Å²) in [6.45, 7) is 0. The largest absolute Gasteiger partial charge is 0.390 e. The van der Waals surface area contributed by atoms with Crippen LogP contribution in [0.1, 0.15) is 62.1 Å². The molecule has 1 amide bonds. The SMILES string of the molecule is O=C(N[C@@H]1c2ccccc2C[C@@H]1O)C1CCCCCCC1. The first kappa shape index (κ1) is 14.6. The van der Waals surface area contributed by atoms with Crippen molar-refractivity contribution in [2.24, 2.45) is 5.92 Å². The van der Waals surface area contributed by atoms with Crippen molar-refractivity contribution in [3.8, 4) is 0 Å². The van der Waals surface area contributed by atoms with Crippen molar-refractivity contribution in [2.45, 2.75) is 63.5 Å². The first-order chi connectivity index (χ1) is 10.3. The lowest BCUT2D eigenvalue weighted by Crippen LogP contribution is -2.38. The molecule has 0 aliphatic heterocycles. The summed E-state index contributed by atoms with van der Waals surface area (Å²) in [4.78, 5) is 12.6. The second-order valence-corrected chi connectivity index (χ2v) is 6.50. The highest BCUT2D eigenvalue weighted by Gasteiger charge is 2.33. The van der Waals surface area contributed by atoms with E-state index in [1.165, 1.54) is 19.3 Å². The number of nitrogens with one attached hydrogen (secondary N) is 1. The standard InChI is InChI=1S/C18H25NO2/c20-16-12-14-10-6-7-11-15(14)17(16)19-18(21)13-8-4-2-1-3-5-9-13/h6-7,10-11,13,16-17,20H,1-5,8-9,12H2,(H,19,21)/t16-,17+/m0/s1. The van der Waals surface area contributed by atoms with Crippen LogP contribution in [0.4, 0.5) is 0 Å². The van der Waals surface area contributed by atoms with Crippen LogP contribution in [0.15, 0.2) is 24.3 Å². The minimum atomic E-state index is -0.486. The summed E-state index contributed by atoms with van der Waals surface area (Å²) >= 11 is 0. The highest BCUT2D eigenvalue weighted by Crippen LogP contribution is 2.32. The third-order valence-corrected chi connectivity index (χ3v) is 4.98. The van der Waals surface area contributed by atoms with Crippen LogP contribution in [0.25, 0.3) is 0 Å². The molecule has 0 radical (unpaired) electrons. The molecule has 21 heavy (non-hydrogen) atoms. The molecule has 2 N–H and O–H groups in total. The average Bonchev–Trinajstić information content (AvgIpc) is 2.75. The van der Waals surface area contributed by atoms with E-state index in [0.29, 0.717) is 6.42 Å². The van der Waals surface area contributed by atoms with E-state index in [0.717, 1.165) is 36.8 Å². The van der Waals surface area contributed by atoms with E-state index in [2.05, 4.69) is 5.32 Å². The van der Waals surface area contributed by atoms with Gasteiger partial charge < -0.3 is 10.4 Å². The van der Waals surface area contributed by atoms with E-state index in [1.807, 2.05) is 24.3 Å². The van der Waals surface area contributed by atoms with Gasteiger partial charge in [-0.15, -0.1) is 0 Å². The van der Waals surface area contributed by atoms with Crippen LogP contribution < -0.4 is 5.32 Å². The quantitative estimate of drug-likeness (QED) is 0.878. The summed E-state index contributed by atoms with van der Waals surface area (Å²) in [5.41, 5.74) is 2.25. The van der Waals surface area contributed by atoms with Crippen LogP contribution in [-0.2, 0) is 11.2 Å². The molecule has 1 saturated carbocycles. The Hall–Kier alpha value is -1.35. The summed E-state index contributed by atoms with van der Waals surface area (Å²) < 4.78 is 0. The number of carbonyl (C=O) groups is 1. The minimum Gasteiger partial charge on any atom is -0.390 e. The number of amides is 1. The van der Waals surface area contributed by atoms with Gasteiger partial charge in [-0.25, -0.2) is 0 Å². The number of hydrogen-bond donors (Lipinski definition) is 2. The molecule has 1 aromatic rings. The van der Waals surface area contributed by atoms with Crippen LogP contribution in [0.5, 0.6) is 0 Å². The highest BCUT2D eigenvalue weighted by atomic mass is 16.3. The van der Waals surface area contributed by atoms with Gasteiger partial charge >= 0.3 is 0 Å². The molecule has 0 heterocycles. The van der Waals surface area contributed by atoms with Gasteiger partial charge in [0.2, 0.25) is 5.91 Å². The summed E-state index contributed by atoms with van der Waals surface area (Å²) in [5, 5.41) is 13.4. The maximum absolute atomic E-state index is 12.6. The Morgan fingerprint density at radius 2 is 1.71 bits per heavy atom. The molecule has 1 fully saturated rings. The number of fused-ring (bicyclic) bond motifs is 1. The maximum atomic E-state index is 12.6. The normalized spacial score (nSPS) is 26.7. The van der Waals surface area contributed by atoms with Crippen molar-refractivity contribution in [1.82, 2.24) is 5.32 Å². The Bertz CT molecular complexity index is 492. The lowest BCUT2D eigenvalue weighted by Gasteiger charge is -2.23. The Balaban J connectivity index is 1.66. The molecule has 3 rings (SSSR count). The fourth-order valence-corrected chi connectivity index (χ4v) is 3.74. The van der Waals surface area contributed by atoms with Gasteiger partial charge in [0.15, 0.2) is 0 Å². The Kier molecular flexibility index (Phi) is 4.59. The minimum absolute atomic E-state index is 0.130. The summed E-state index contributed by atoms with van der Waals surface area (Å²) in [5.74, 6) is 0.267. The van der Waals surface area contributed by atoms with Gasteiger partial charge in [-0.05, 0) is 24.0 Å². The van der Waals surface area contributed by atoms with Crippen LogP contribution in [-0.4, -0.2) is 17.1 Å². The van der Waals surface area contributed by atoms with Gasteiger partial charge in [-0.2, -0.15) is 0 Å². The fraction of sp³-hybridized carbons (Fsp3) is 0.611. The van der Waals surface area contributed by atoms with E-state index < -0.39 is 6.10 Å². The van der Waals surface area contributed by atoms with E-state index in [1.54, 1.807) is 0 Å². The molecule has 2 atom stereocenters. The van der Waals surface area contributed by atoms with Crippen LogP contribution in [0.2, 0.25) is 0 Å². The molecule has 0 spiro atoms. The van der Waals surface area contributed by atoms with Crippen molar-refractivity contribution in [2.75, 3.05) is 0 Å². The number of carbonyl (C=O) groups excluding carboxylic acids is 1. The Morgan fingerprint density at radius 1 is 1.05 bits per heavy atom. The van der Waals surface area contributed by atoms with Crippen LogP contribution in [0.3, 0.4) is 0 Å². The number of aliphatic hydroxyl groups is 1. The molecule has 2 aliphatic carbocycles. The molecular weight excluding hydrogens is 262 g/mol. The van der Waals surface area contributed by atoms with E-state index in [9.17, 15) is 9.90 Å². The summed E-state index contributed by atoms with van der Waals surface area (Å²) in [7, 11) is 0. The number of hydrogen-bond acceptors (Lipinski definition) is 2. The van der Waals surface area contributed by atoms with E-state index >= 15 is 0 Å². The van der Waals surface area contributed by atoms with Gasteiger partial charge in [0.1, 0.15) is 0 Å². The van der Waals surface area contributed by atoms with Crippen molar-refractivity contribution in [1.29, 1.82) is 0 Å². The van der Waals surface area contributed by atoms with Crippen molar-refractivity contribution < 1.29 is 9.90 Å². The topological polar surface area (TPSA) is 49.3 Å². The van der Waals surface area contributed by atoms with Gasteiger partial charge in [-0.3, -0.25) is 4.79 Å². The summed E-state index contributed by atoms with van der Waals surface area (Å²) in [6, 6.07) is 7.81. The molecule has 0 bridgehead atoms. The van der Waals surface area contributed by atoms with Gasteiger partial charge in [0.25, 0.3) is 0 Å².